The van der Waals surface area contributed by atoms with Gasteiger partial charge in [-0.3, -0.25) is 9.69 Å². The van der Waals surface area contributed by atoms with Gasteiger partial charge in [-0.25, -0.2) is 9.78 Å². The SMILES string of the molecule is Cc1nc(N(C)C(=O)OC(C)(C)C)sc1C(=O)C(C#N)=CN(C)C. The summed E-state index contributed by atoms with van der Waals surface area (Å²) in [6.07, 6.45) is 0.901. The van der Waals surface area contributed by atoms with E-state index in [1.54, 1.807) is 46.7 Å². The Morgan fingerprint density at radius 2 is 1.88 bits per heavy atom. The Morgan fingerprint density at radius 1 is 1.29 bits per heavy atom. The van der Waals surface area contributed by atoms with Gasteiger partial charge in [-0.1, -0.05) is 11.3 Å². The smallest absolute Gasteiger partial charge is 0.416 e. The normalized spacial score (nSPS) is 11.7. The number of allylic oxidation sites excluding steroid dienone is 1. The first kappa shape index (κ1) is 19.6. The van der Waals surface area contributed by atoms with Crippen molar-refractivity contribution in [3.8, 4) is 6.07 Å². The van der Waals surface area contributed by atoms with Crippen LogP contribution in [0.1, 0.15) is 36.1 Å². The van der Waals surface area contributed by atoms with Gasteiger partial charge in [0.2, 0.25) is 5.78 Å². The third-order valence-electron chi connectivity index (χ3n) is 2.70. The van der Waals surface area contributed by atoms with E-state index in [0.717, 1.165) is 11.3 Å². The highest BCUT2D eigenvalue weighted by Gasteiger charge is 2.25. The number of nitrogens with zero attached hydrogens (tertiary/aromatic N) is 4. The minimum absolute atomic E-state index is 0.0122. The Hall–Kier alpha value is -2.40. The number of aromatic nitrogens is 1. The van der Waals surface area contributed by atoms with E-state index >= 15 is 0 Å². The second-order valence-electron chi connectivity index (χ2n) is 6.40. The zero-order valence-corrected chi connectivity index (χ0v) is 15.8. The molecule has 0 N–H and O–H groups in total. The third kappa shape index (κ3) is 5.06. The van der Waals surface area contributed by atoms with Gasteiger partial charge in [0, 0.05) is 27.3 Å². The molecule has 0 bridgehead atoms. The lowest BCUT2D eigenvalue weighted by molar-refractivity contribution is 0.0589. The van der Waals surface area contributed by atoms with Crippen LogP contribution in [0, 0.1) is 18.3 Å². The molecule has 0 saturated carbocycles. The predicted octanol–water partition coefficient (Wildman–Crippen LogP) is 2.97. The van der Waals surface area contributed by atoms with Crippen molar-refractivity contribution in [1.82, 2.24) is 9.88 Å². The molecule has 0 aliphatic heterocycles. The summed E-state index contributed by atoms with van der Waals surface area (Å²) in [5.74, 6) is -0.412. The number of amides is 1. The van der Waals surface area contributed by atoms with E-state index < -0.39 is 17.5 Å². The van der Waals surface area contributed by atoms with Crippen LogP contribution in [-0.4, -0.2) is 48.5 Å². The molecule has 1 rings (SSSR count). The number of hydrogen-bond acceptors (Lipinski definition) is 7. The van der Waals surface area contributed by atoms with Crippen LogP contribution in [0.25, 0.3) is 0 Å². The Morgan fingerprint density at radius 3 is 2.33 bits per heavy atom. The van der Waals surface area contributed by atoms with Crippen molar-refractivity contribution in [3.05, 3.63) is 22.3 Å². The molecule has 8 heteroatoms. The Labute approximate surface area is 146 Å². The summed E-state index contributed by atoms with van der Waals surface area (Å²) in [5, 5.41) is 9.50. The molecule has 7 nitrogen and oxygen atoms in total. The number of ether oxygens (including phenoxy) is 1. The summed E-state index contributed by atoms with van der Waals surface area (Å²) in [6, 6.07) is 1.89. The molecule has 0 radical (unpaired) electrons. The van der Waals surface area contributed by atoms with Crippen molar-refractivity contribution < 1.29 is 14.3 Å². The van der Waals surface area contributed by atoms with Gasteiger partial charge in [-0.15, -0.1) is 0 Å². The molecule has 0 spiro atoms. The van der Waals surface area contributed by atoms with E-state index in [0.29, 0.717) is 15.7 Å². The number of Topliss-reactive ketones (excluding diaryl/α,β-unsaturated/α-hetero) is 1. The van der Waals surface area contributed by atoms with Crippen LogP contribution >= 0.6 is 11.3 Å². The molecule has 0 atom stereocenters. The molecule has 1 aromatic heterocycles. The van der Waals surface area contributed by atoms with Crippen molar-refractivity contribution in [2.45, 2.75) is 33.3 Å². The van der Waals surface area contributed by atoms with Crippen LogP contribution in [0.15, 0.2) is 11.8 Å². The summed E-state index contributed by atoms with van der Waals surface area (Å²) >= 11 is 1.05. The van der Waals surface area contributed by atoms with E-state index in [4.69, 9.17) is 10.00 Å². The molecule has 24 heavy (non-hydrogen) atoms. The lowest BCUT2D eigenvalue weighted by atomic mass is 10.1. The Balaban J connectivity index is 3.10. The second-order valence-corrected chi connectivity index (χ2v) is 7.38. The molecule has 1 aromatic rings. The molecule has 1 heterocycles. The standard InChI is InChI=1S/C16H22N4O3S/c1-10-13(12(21)11(8-17)9-19(5)6)24-14(18-10)20(7)15(22)23-16(2,3)4/h9H,1-7H3. The average Bonchev–Trinajstić information content (AvgIpc) is 2.83. The zero-order chi connectivity index (χ0) is 18.7. The van der Waals surface area contributed by atoms with Crippen LogP contribution in [0.5, 0.6) is 0 Å². The van der Waals surface area contributed by atoms with Crippen molar-refractivity contribution in [1.29, 1.82) is 5.26 Å². The van der Waals surface area contributed by atoms with E-state index in [2.05, 4.69) is 4.98 Å². The van der Waals surface area contributed by atoms with Gasteiger partial charge in [-0.05, 0) is 27.7 Å². The number of nitriles is 1. The number of thiazole rings is 1. The van der Waals surface area contributed by atoms with Crippen molar-refractivity contribution >= 4 is 28.3 Å². The maximum absolute atomic E-state index is 12.5. The molecular formula is C16H22N4O3S. The summed E-state index contributed by atoms with van der Waals surface area (Å²) < 4.78 is 5.28. The molecule has 0 unspecified atom stereocenters. The minimum Gasteiger partial charge on any atom is -0.443 e. The van der Waals surface area contributed by atoms with Gasteiger partial charge >= 0.3 is 6.09 Å². The van der Waals surface area contributed by atoms with Crippen molar-refractivity contribution in [2.75, 3.05) is 26.0 Å². The highest BCUT2D eigenvalue weighted by atomic mass is 32.1. The van der Waals surface area contributed by atoms with Crippen molar-refractivity contribution in [2.24, 2.45) is 0 Å². The Kier molecular flexibility index (Phi) is 6.10. The van der Waals surface area contributed by atoms with Gasteiger partial charge in [0.05, 0.1) is 5.69 Å². The van der Waals surface area contributed by atoms with Crippen LogP contribution in [-0.2, 0) is 4.74 Å². The van der Waals surface area contributed by atoms with E-state index in [-0.39, 0.29) is 5.57 Å². The van der Waals surface area contributed by atoms with Crippen LogP contribution in [0.4, 0.5) is 9.93 Å². The molecule has 0 aromatic carbocycles. The maximum Gasteiger partial charge on any atom is 0.416 e. The highest BCUT2D eigenvalue weighted by Crippen LogP contribution is 2.28. The number of aryl methyl sites for hydroxylation is 1. The largest absolute Gasteiger partial charge is 0.443 e. The number of anilines is 1. The van der Waals surface area contributed by atoms with E-state index in [1.807, 2.05) is 6.07 Å². The van der Waals surface area contributed by atoms with Crippen LogP contribution < -0.4 is 4.90 Å². The number of carbonyl (C=O) groups is 2. The lowest BCUT2D eigenvalue weighted by Gasteiger charge is -2.23. The number of rotatable bonds is 4. The van der Waals surface area contributed by atoms with Gasteiger partial charge in [0.1, 0.15) is 22.1 Å². The molecule has 0 saturated heterocycles. The fourth-order valence-corrected chi connectivity index (χ4v) is 2.64. The second kappa shape index (κ2) is 7.45. The van der Waals surface area contributed by atoms with Gasteiger partial charge < -0.3 is 9.64 Å². The van der Waals surface area contributed by atoms with E-state index in [9.17, 15) is 9.59 Å². The Bertz CT molecular complexity index is 708. The molecule has 0 fully saturated rings. The highest BCUT2D eigenvalue weighted by molar-refractivity contribution is 7.18. The molecule has 1 amide bonds. The molecular weight excluding hydrogens is 328 g/mol. The first-order chi connectivity index (χ1) is 11.0. The monoisotopic (exact) mass is 350 g/mol. The molecule has 0 aliphatic rings. The topological polar surface area (TPSA) is 86.5 Å². The quantitative estimate of drug-likeness (QED) is 0.471. The summed E-state index contributed by atoms with van der Waals surface area (Å²) in [5.41, 5.74) is -0.146. The summed E-state index contributed by atoms with van der Waals surface area (Å²) in [6.45, 7) is 6.98. The van der Waals surface area contributed by atoms with Gasteiger partial charge in [-0.2, -0.15) is 5.26 Å². The molecule has 0 aliphatic carbocycles. The number of ketones is 1. The molecule has 130 valence electrons. The minimum atomic E-state index is -0.626. The number of hydrogen-bond donors (Lipinski definition) is 0. The summed E-state index contributed by atoms with van der Waals surface area (Å²) in [7, 11) is 4.99. The summed E-state index contributed by atoms with van der Waals surface area (Å²) in [4.78, 5) is 32.0. The van der Waals surface area contributed by atoms with Gasteiger partial charge in [0.25, 0.3) is 0 Å². The van der Waals surface area contributed by atoms with Crippen LogP contribution in [0.2, 0.25) is 0 Å². The van der Waals surface area contributed by atoms with Crippen molar-refractivity contribution in [3.63, 3.8) is 0 Å². The lowest BCUT2D eigenvalue weighted by Crippen LogP contribution is -2.34. The fourth-order valence-electron chi connectivity index (χ4n) is 1.66. The first-order valence-corrected chi connectivity index (χ1v) is 8.05. The zero-order valence-electron chi connectivity index (χ0n) is 15.0. The average molecular weight is 350 g/mol. The predicted molar refractivity (Wildman–Crippen MR) is 93.2 cm³/mol. The van der Waals surface area contributed by atoms with Crippen LogP contribution in [0.3, 0.4) is 0 Å². The fraction of sp³-hybridized carbons (Fsp3) is 0.500. The number of carbonyl (C=O) groups excluding carboxylic acids is 2. The van der Waals surface area contributed by atoms with Gasteiger partial charge in [0.15, 0.2) is 5.13 Å². The van der Waals surface area contributed by atoms with E-state index in [1.165, 1.54) is 18.1 Å². The first-order valence-electron chi connectivity index (χ1n) is 7.23. The maximum atomic E-state index is 12.5. The third-order valence-corrected chi connectivity index (χ3v) is 3.93.